The Hall–Kier alpha value is -4.03. The lowest BCUT2D eigenvalue weighted by molar-refractivity contribution is -0.132. The van der Waals surface area contributed by atoms with E-state index in [1.807, 2.05) is 60.4 Å². The van der Waals surface area contributed by atoms with Crippen molar-refractivity contribution in [2.24, 2.45) is 0 Å². The number of hydrogen-bond acceptors (Lipinski definition) is 6. The molecule has 3 aromatic carbocycles. The second-order valence-electron chi connectivity index (χ2n) is 11.7. The summed E-state index contributed by atoms with van der Waals surface area (Å²) >= 11 is 7.26. The molecule has 264 valence electrons. The maximum absolute atomic E-state index is 14.2. The predicted molar refractivity (Wildman–Crippen MR) is 198 cm³/mol. The molecule has 0 saturated carbocycles. The molecule has 0 aliphatic heterocycles. The van der Waals surface area contributed by atoms with Crippen LogP contribution >= 0.6 is 35.8 Å². The average Bonchev–Trinajstić information content (AvgIpc) is 3.65. The Balaban J connectivity index is 0.00000562. The summed E-state index contributed by atoms with van der Waals surface area (Å²) in [5, 5.41) is 7.78. The number of likely N-dealkylation sites (N-methyl/N-ethyl adjacent to an activating group) is 1. The highest BCUT2D eigenvalue weighted by Gasteiger charge is 2.21. The number of amides is 1. The highest BCUT2D eigenvalue weighted by Crippen LogP contribution is 2.26. The van der Waals surface area contributed by atoms with Gasteiger partial charge in [-0.15, -0.1) is 12.4 Å². The molecule has 50 heavy (non-hydrogen) atoms. The van der Waals surface area contributed by atoms with Crippen molar-refractivity contribution in [1.29, 1.82) is 0 Å². The Morgan fingerprint density at radius 3 is 2.24 bits per heavy atom. The number of nitrogens with one attached hydrogen (secondary N) is 1. The van der Waals surface area contributed by atoms with Crippen LogP contribution in [-0.4, -0.2) is 61.6 Å². The highest BCUT2D eigenvalue weighted by atomic mass is 35.5. The second kappa shape index (κ2) is 18.3. The largest absolute Gasteiger partial charge is 0.336 e. The van der Waals surface area contributed by atoms with Gasteiger partial charge in [0, 0.05) is 54.3 Å². The molecule has 0 saturated heterocycles. The molecule has 0 spiro atoms. The molecule has 0 aliphatic carbocycles. The lowest BCUT2D eigenvalue weighted by atomic mass is 9.98. The van der Waals surface area contributed by atoms with Gasteiger partial charge >= 0.3 is 0 Å². The number of benzene rings is 3. The molecule has 2 aromatic heterocycles. The fourth-order valence-electron chi connectivity index (χ4n) is 5.48. The SMILES string of the molecule is CCN(CC)CCN(Cc1ccc(-c2ccc(Cl)cc2)cc1)C(=O)Cn1cc(C(C)c2cn[nH]c2)c(=O)nc1SCc1ccc(F)c(F)c1.Cl. The van der Waals surface area contributed by atoms with Gasteiger partial charge in [-0.25, -0.2) is 8.78 Å². The van der Waals surface area contributed by atoms with E-state index in [9.17, 15) is 18.4 Å². The van der Waals surface area contributed by atoms with Crippen molar-refractivity contribution in [1.82, 2.24) is 29.5 Å². The van der Waals surface area contributed by atoms with Crippen molar-refractivity contribution >= 4 is 41.7 Å². The minimum atomic E-state index is -0.951. The zero-order chi connectivity index (χ0) is 34.9. The molecule has 13 heteroatoms. The number of nitrogens with zero attached hydrogens (tertiary/aromatic N) is 5. The Bertz CT molecular complexity index is 1900. The normalized spacial score (nSPS) is 11.7. The lowest BCUT2D eigenvalue weighted by Gasteiger charge is -2.27. The summed E-state index contributed by atoms with van der Waals surface area (Å²) in [6, 6.07) is 19.5. The first kappa shape index (κ1) is 38.8. The van der Waals surface area contributed by atoms with Gasteiger partial charge in [0.15, 0.2) is 16.8 Å². The van der Waals surface area contributed by atoms with E-state index in [2.05, 4.69) is 33.9 Å². The number of aromatic nitrogens is 4. The fourth-order valence-corrected chi connectivity index (χ4v) is 6.51. The van der Waals surface area contributed by atoms with E-state index in [0.717, 1.165) is 47.5 Å². The van der Waals surface area contributed by atoms with E-state index >= 15 is 0 Å². The van der Waals surface area contributed by atoms with Crippen molar-refractivity contribution in [3.63, 3.8) is 0 Å². The van der Waals surface area contributed by atoms with Crippen LogP contribution in [0.5, 0.6) is 0 Å². The number of aromatic amines is 1. The summed E-state index contributed by atoms with van der Waals surface area (Å²) in [5.41, 5.74) is 4.39. The van der Waals surface area contributed by atoms with Crippen molar-refractivity contribution in [3.05, 3.63) is 135 Å². The van der Waals surface area contributed by atoms with Gasteiger partial charge in [-0.05, 0) is 65.2 Å². The van der Waals surface area contributed by atoms with Crippen LogP contribution in [0.15, 0.2) is 95.3 Å². The second-order valence-corrected chi connectivity index (χ2v) is 13.1. The quantitative estimate of drug-likeness (QED) is 0.0871. The number of hydrogen-bond donors (Lipinski definition) is 1. The summed E-state index contributed by atoms with van der Waals surface area (Å²) in [6.45, 7) is 9.31. The predicted octanol–water partition coefficient (Wildman–Crippen LogP) is 7.80. The molecule has 0 bridgehead atoms. The lowest BCUT2D eigenvalue weighted by Crippen LogP contribution is -2.40. The maximum atomic E-state index is 14.2. The van der Waals surface area contributed by atoms with Gasteiger partial charge in [0.2, 0.25) is 5.91 Å². The van der Waals surface area contributed by atoms with E-state index in [-0.39, 0.29) is 36.5 Å². The van der Waals surface area contributed by atoms with Crippen LogP contribution < -0.4 is 5.56 Å². The average molecular weight is 742 g/mol. The van der Waals surface area contributed by atoms with Crippen LogP contribution in [0.25, 0.3) is 11.1 Å². The van der Waals surface area contributed by atoms with Crippen molar-refractivity contribution < 1.29 is 13.6 Å². The zero-order valence-electron chi connectivity index (χ0n) is 28.1. The molecule has 0 fully saturated rings. The number of thioether (sulfide) groups is 1. The molecule has 1 N–H and O–H groups in total. The topological polar surface area (TPSA) is 87.1 Å². The molecule has 5 aromatic rings. The van der Waals surface area contributed by atoms with Crippen LogP contribution in [0.3, 0.4) is 0 Å². The first-order chi connectivity index (χ1) is 23.6. The van der Waals surface area contributed by atoms with Crippen molar-refractivity contribution in [3.8, 4) is 11.1 Å². The first-order valence-electron chi connectivity index (χ1n) is 16.2. The van der Waals surface area contributed by atoms with E-state index in [1.165, 1.54) is 17.8 Å². The first-order valence-corrected chi connectivity index (χ1v) is 17.5. The van der Waals surface area contributed by atoms with Gasteiger partial charge < -0.3 is 14.4 Å². The smallest absolute Gasteiger partial charge is 0.277 e. The molecule has 1 unspecified atom stereocenters. The highest BCUT2D eigenvalue weighted by molar-refractivity contribution is 7.98. The standard InChI is InChI=1S/C37H39ClF2N6O2S.ClH/c1-4-44(5-2)16-17-45(21-26-6-9-28(10-7-26)29-11-13-31(38)14-12-29)35(47)23-46-22-32(25(3)30-19-41-42-20-30)36(48)43-37(46)49-24-27-8-15-33(39)34(40)18-27;/h6-15,18-20,22,25H,4-5,16-17,21,23-24H2,1-3H3,(H,41,42);1H. The van der Waals surface area contributed by atoms with E-state index in [0.29, 0.717) is 40.9 Å². The molecule has 1 atom stereocenters. The van der Waals surface area contributed by atoms with Gasteiger partial charge in [0.25, 0.3) is 5.56 Å². The van der Waals surface area contributed by atoms with E-state index in [1.54, 1.807) is 23.2 Å². The summed E-state index contributed by atoms with van der Waals surface area (Å²) in [7, 11) is 0. The van der Waals surface area contributed by atoms with Crippen molar-refractivity contribution in [2.75, 3.05) is 26.2 Å². The van der Waals surface area contributed by atoms with E-state index in [4.69, 9.17) is 11.6 Å². The van der Waals surface area contributed by atoms with E-state index < -0.39 is 17.2 Å². The fraction of sp³-hybridized carbons (Fsp3) is 0.297. The minimum Gasteiger partial charge on any atom is -0.336 e. The Morgan fingerprint density at radius 1 is 0.960 bits per heavy atom. The summed E-state index contributed by atoms with van der Waals surface area (Å²) < 4.78 is 29.2. The molecule has 0 aliphatic rings. The number of carbonyl (C=O) groups is 1. The third-order valence-electron chi connectivity index (χ3n) is 8.57. The molecule has 2 heterocycles. The van der Waals surface area contributed by atoms with Gasteiger partial charge in [-0.1, -0.05) is 86.6 Å². The molecular weight excluding hydrogens is 701 g/mol. The van der Waals surface area contributed by atoms with Crippen LogP contribution in [0, 0.1) is 11.6 Å². The van der Waals surface area contributed by atoms with Crippen LogP contribution in [-0.2, 0) is 23.6 Å². The Morgan fingerprint density at radius 2 is 1.62 bits per heavy atom. The summed E-state index contributed by atoms with van der Waals surface area (Å²) in [4.78, 5) is 36.0. The third kappa shape index (κ3) is 10.0. The summed E-state index contributed by atoms with van der Waals surface area (Å²) in [5.74, 6) is -2.14. The van der Waals surface area contributed by atoms with Gasteiger partial charge in [0.05, 0.1) is 6.20 Å². The zero-order valence-corrected chi connectivity index (χ0v) is 30.5. The Labute approximate surface area is 306 Å². The molecule has 8 nitrogen and oxygen atoms in total. The van der Waals surface area contributed by atoms with Gasteiger partial charge in [-0.2, -0.15) is 10.1 Å². The Kier molecular flexibility index (Phi) is 14.2. The maximum Gasteiger partial charge on any atom is 0.277 e. The number of halogens is 4. The molecule has 0 radical (unpaired) electrons. The monoisotopic (exact) mass is 740 g/mol. The number of rotatable bonds is 15. The van der Waals surface area contributed by atoms with Crippen LogP contribution in [0.1, 0.15) is 48.9 Å². The van der Waals surface area contributed by atoms with Gasteiger partial charge in [0.1, 0.15) is 6.54 Å². The molecule has 1 amide bonds. The summed E-state index contributed by atoms with van der Waals surface area (Å²) in [6.07, 6.45) is 5.05. The number of carbonyl (C=O) groups excluding carboxylic acids is 1. The van der Waals surface area contributed by atoms with Crippen molar-refractivity contribution in [2.45, 2.75) is 50.7 Å². The molecule has 5 rings (SSSR count). The van der Waals surface area contributed by atoms with Crippen LogP contribution in [0.2, 0.25) is 5.02 Å². The molecular formula is C37H40Cl2F2N6O2S. The minimum absolute atomic E-state index is 0. The van der Waals surface area contributed by atoms with Gasteiger partial charge in [-0.3, -0.25) is 14.7 Å². The van der Waals surface area contributed by atoms with Crippen LogP contribution in [0.4, 0.5) is 8.78 Å². The number of H-pyrrole nitrogens is 1. The third-order valence-corrected chi connectivity index (χ3v) is 9.88.